The molecular formula is C18H28ClN. The highest BCUT2D eigenvalue weighted by molar-refractivity contribution is 6.30. The SMILES string of the molecule is CCCC(NCC1CCC(C)CC1)c1ccc(Cl)cc1. The molecule has 2 heteroatoms. The Morgan fingerprint density at radius 3 is 2.40 bits per heavy atom. The molecule has 0 spiro atoms. The van der Waals surface area contributed by atoms with Crippen LogP contribution in [-0.2, 0) is 0 Å². The largest absolute Gasteiger partial charge is 0.310 e. The van der Waals surface area contributed by atoms with Crippen LogP contribution < -0.4 is 5.32 Å². The maximum Gasteiger partial charge on any atom is 0.0406 e. The van der Waals surface area contributed by atoms with Crippen LogP contribution in [-0.4, -0.2) is 6.54 Å². The van der Waals surface area contributed by atoms with Crippen molar-refractivity contribution in [2.75, 3.05) is 6.54 Å². The number of nitrogens with one attached hydrogen (secondary N) is 1. The highest BCUT2D eigenvalue weighted by atomic mass is 35.5. The van der Waals surface area contributed by atoms with Crippen LogP contribution in [0.25, 0.3) is 0 Å². The average molecular weight is 294 g/mol. The second kappa shape index (κ2) is 8.05. The van der Waals surface area contributed by atoms with Gasteiger partial charge in [0.25, 0.3) is 0 Å². The molecule has 0 amide bonds. The Morgan fingerprint density at radius 2 is 1.80 bits per heavy atom. The quantitative estimate of drug-likeness (QED) is 0.720. The molecule has 2 rings (SSSR count). The van der Waals surface area contributed by atoms with Crippen LogP contribution in [0.15, 0.2) is 24.3 Å². The number of rotatable bonds is 6. The zero-order valence-corrected chi connectivity index (χ0v) is 13.6. The molecule has 1 N–H and O–H groups in total. The summed E-state index contributed by atoms with van der Waals surface area (Å²) in [5, 5.41) is 4.62. The standard InChI is InChI=1S/C18H28ClN/c1-3-4-18(16-9-11-17(19)12-10-16)20-13-15-7-5-14(2)6-8-15/h9-12,14-15,18,20H,3-8,13H2,1-2H3. The van der Waals surface area contributed by atoms with E-state index in [-0.39, 0.29) is 0 Å². The molecule has 1 aliphatic carbocycles. The molecule has 1 aromatic carbocycles. The van der Waals surface area contributed by atoms with Crippen LogP contribution in [0.4, 0.5) is 0 Å². The van der Waals surface area contributed by atoms with Crippen molar-refractivity contribution in [1.82, 2.24) is 5.32 Å². The summed E-state index contributed by atoms with van der Waals surface area (Å²) in [6.07, 6.45) is 8.02. The maximum atomic E-state index is 5.99. The Bertz CT molecular complexity index is 379. The van der Waals surface area contributed by atoms with E-state index >= 15 is 0 Å². The predicted molar refractivity (Wildman–Crippen MR) is 88.2 cm³/mol. The Hall–Kier alpha value is -0.530. The summed E-state index contributed by atoms with van der Waals surface area (Å²) in [5.74, 6) is 1.81. The van der Waals surface area contributed by atoms with E-state index < -0.39 is 0 Å². The van der Waals surface area contributed by atoms with Crippen molar-refractivity contribution < 1.29 is 0 Å². The molecule has 0 bridgehead atoms. The van der Waals surface area contributed by atoms with Crippen molar-refractivity contribution in [2.45, 2.75) is 58.4 Å². The van der Waals surface area contributed by atoms with Crippen LogP contribution >= 0.6 is 11.6 Å². The van der Waals surface area contributed by atoms with Crippen molar-refractivity contribution in [1.29, 1.82) is 0 Å². The van der Waals surface area contributed by atoms with Crippen molar-refractivity contribution in [3.05, 3.63) is 34.9 Å². The van der Waals surface area contributed by atoms with E-state index in [4.69, 9.17) is 11.6 Å². The number of hydrogen-bond donors (Lipinski definition) is 1. The zero-order chi connectivity index (χ0) is 14.4. The summed E-state index contributed by atoms with van der Waals surface area (Å²) < 4.78 is 0. The fraction of sp³-hybridized carbons (Fsp3) is 0.667. The van der Waals surface area contributed by atoms with Gasteiger partial charge >= 0.3 is 0 Å². The van der Waals surface area contributed by atoms with Crippen molar-refractivity contribution >= 4 is 11.6 Å². The molecular weight excluding hydrogens is 266 g/mol. The van der Waals surface area contributed by atoms with Gasteiger partial charge in [-0.1, -0.05) is 56.8 Å². The third-order valence-corrected chi connectivity index (χ3v) is 4.89. The highest BCUT2D eigenvalue weighted by Crippen LogP contribution is 2.29. The molecule has 0 aliphatic heterocycles. The minimum atomic E-state index is 0.483. The van der Waals surface area contributed by atoms with Gasteiger partial charge in [-0.15, -0.1) is 0 Å². The Kier molecular flexibility index (Phi) is 6.38. The summed E-state index contributed by atoms with van der Waals surface area (Å²) in [4.78, 5) is 0. The number of benzene rings is 1. The number of hydrogen-bond acceptors (Lipinski definition) is 1. The van der Waals surface area contributed by atoms with Crippen molar-refractivity contribution in [2.24, 2.45) is 11.8 Å². The van der Waals surface area contributed by atoms with Gasteiger partial charge in [0.2, 0.25) is 0 Å². The van der Waals surface area contributed by atoms with E-state index in [0.717, 1.165) is 16.9 Å². The van der Waals surface area contributed by atoms with Crippen LogP contribution in [0.2, 0.25) is 5.02 Å². The molecule has 1 unspecified atom stereocenters. The molecule has 1 fully saturated rings. The minimum Gasteiger partial charge on any atom is -0.310 e. The molecule has 1 saturated carbocycles. The Balaban J connectivity index is 1.87. The van der Waals surface area contributed by atoms with Gasteiger partial charge < -0.3 is 5.32 Å². The summed E-state index contributed by atoms with van der Waals surface area (Å²) >= 11 is 5.99. The van der Waals surface area contributed by atoms with Gasteiger partial charge in [-0.2, -0.15) is 0 Å². The Labute approximate surface area is 129 Å². The van der Waals surface area contributed by atoms with Crippen molar-refractivity contribution in [3.63, 3.8) is 0 Å². The first-order valence-electron chi connectivity index (χ1n) is 8.18. The van der Waals surface area contributed by atoms with Crippen LogP contribution in [0.1, 0.15) is 64.0 Å². The van der Waals surface area contributed by atoms with Gasteiger partial charge in [0.1, 0.15) is 0 Å². The molecule has 0 heterocycles. The van der Waals surface area contributed by atoms with Gasteiger partial charge in [-0.05, 0) is 55.3 Å². The average Bonchev–Trinajstić information content (AvgIpc) is 2.46. The van der Waals surface area contributed by atoms with E-state index in [1.54, 1.807) is 0 Å². The molecule has 0 radical (unpaired) electrons. The normalized spacial score (nSPS) is 24.6. The van der Waals surface area contributed by atoms with Gasteiger partial charge in [0.15, 0.2) is 0 Å². The first-order valence-corrected chi connectivity index (χ1v) is 8.55. The van der Waals surface area contributed by atoms with E-state index in [1.165, 1.54) is 50.6 Å². The predicted octanol–water partition coefficient (Wildman–Crippen LogP) is 5.60. The molecule has 0 aromatic heterocycles. The summed E-state index contributed by atoms with van der Waals surface area (Å²) in [5.41, 5.74) is 1.38. The first kappa shape index (κ1) is 15.9. The van der Waals surface area contributed by atoms with Crippen LogP contribution in [0, 0.1) is 11.8 Å². The summed E-state index contributed by atoms with van der Waals surface area (Å²) in [7, 11) is 0. The molecule has 1 aliphatic rings. The van der Waals surface area contributed by atoms with E-state index in [2.05, 4.69) is 31.3 Å². The molecule has 1 nitrogen and oxygen atoms in total. The molecule has 20 heavy (non-hydrogen) atoms. The van der Waals surface area contributed by atoms with E-state index in [0.29, 0.717) is 6.04 Å². The van der Waals surface area contributed by atoms with Gasteiger partial charge in [0.05, 0.1) is 0 Å². The lowest BCUT2D eigenvalue weighted by Crippen LogP contribution is -2.29. The topological polar surface area (TPSA) is 12.0 Å². The second-order valence-corrected chi connectivity index (χ2v) is 6.86. The second-order valence-electron chi connectivity index (χ2n) is 6.43. The third-order valence-electron chi connectivity index (χ3n) is 4.64. The summed E-state index contributed by atoms with van der Waals surface area (Å²) in [6.45, 7) is 5.81. The van der Waals surface area contributed by atoms with Gasteiger partial charge in [-0.3, -0.25) is 0 Å². The van der Waals surface area contributed by atoms with Crippen molar-refractivity contribution in [3.8, 4) is 0 Å². The summed E-state index contributed by atoms with van der Waals surface area (Å²) in [6, 6.07) is 8.82. The molecule has 112 valence electrons. The van der Waals surface area contributed by atoms with Crippen LogP contribution in [0.3, 0.4) is 0 Å². The van der Waals surface area contributed by atoms with Gasteiger partial charge in [0, 0.05) is 11.1 Å². The van der Waals surface area contributed by atoms with E-state index in [1.807, 2.05) is 12.1 Å². The lowest BCUT2D eigenvalue weighted by atomic mass is 9.83. The maximum absolute atomic E-state index is 5.99. The fourth-order valence-corrected chi connectivity index (χ4v) is 3.34. The highest BCUT2D eigenvalue weighted by Gasteiger charge is 2.19. The lowest BCUT2D eigenvalue weighted by Gasteiger charge is -2.28. The van der Waals surface area contributed by atoms with E-state index in [9.17, 15) is 0 Å². The molecule has 1 aromatic rings. The third kappa shape index (κ3) is 4.79. The Morgan fingerprint density at radius 1 is 1.15 bits per heavy atom. The molecule has 0 saturated heterocycles. The van der Waals surface area contributed by atoms with Gasteiger partial charge in [-0.25, -0.2) is 0 Å². The molecule has 1 atom stereocenters. The first-order chi connectivity index (χ1) is 9.69. The monoisotopic (exact) mass is 293 g/mol. The van der Waals surface area contributed by atoms with Crippen LogP contribution in [0.5, 0.6) is 0 Å². The lowest BCUT2D eigenvalue weighted by molar-refractivity contribution is 0.272. The fourth-order valence-electron chi connectivity index (χ4n) is 3.21. The smallest absolute Gasteiger partial charge is 0.0406 e. The zero-order valence-electron chi connectivity index (χ0n) is 12.9. The number of halogens is 1. The minimum absolute atomic E-state index is 0.483.